The van der Waals surface area contributed by atoms with Crippen LogP contribution < -0.4 is 0 Å². The van der Waals surface area contributed by atoms with Crippen molar-refractivity contribution >= 4 is 5.97 Å². The maximum atomic E-state index is 13.2. The van der Waals surface area contributed by atoms with Gasteiger partial charge in [-0.1, -0.05) is 6.07 Å². The van der Waals surface area contributed by atoms with Crippen molar-refractivity contribution in [2.45, 2.75) is 32.9 Å². The van der Waals surface area contributed by atoms with E-state index in [0.29, 0.717) is 12.1 Å². The largest absolute Gasteiger partial charge is 0.478 e. The monoisotopic (exact) mass is 294 g/mol. The van der Waals surface area contributed by atoms with Gasteiger partial charge in [0, 0.05) is 38.3 Å². The minimum atomic E-state index is -1.07. The molecule has 0 saturated carbocycles. The molecule has 1 aliphatic rings. The molecule has 5 heteroatoms. The summed E-state index contributed by atoms with van der Waals surface area (Å²) < 4.78 is 13.2. The van der Waals surface area contributed by atoms with Crippen molar-refractivity contribution in [1.82, 2.24) is 9.80 Å². The molecule has 1 aromatic carbocycles. The second-order valence-electron chi connectivity index (χ2n) is 6.54. The van der Waals surface area contributed by atoms with Crippen LogP contribution in [0, 0.1) is 5.82 Å². The normalized spacial score (nSPS) is 17.9. The lowest BCUT2D eigenvalue weighted by Gasteiger charge is -2.42. The molecule has 4 nitrogen and oxygen atoms in total. The minimum Gasteiger partial charge on any atom is -0.478 e. The molecule has 1 heterocycles. The number of halogens is 1. The zero-order chi connectivity index (χ0) is 15.6. The fourth-order valence-electron chi connectivity index (χ4n) is 2.70. The van der Waals surface area contributed by atoms with Crippen molar-refractivity contribution in [3.05, 3.63) is 35.1 Å². The van der Waals surface area contributed by atoms with Crippen LogP contribution in [0.5, 0.6) is 0 Å². The highest BCUT2D eigenvalue weighted by molar-refractivity contribution is 5.89. The van der Waals surface area contributed by atoms with E-state index < -0.39 is 11.8 Å². The molecule has 116 valence electrons. The van der Waals surface area contributed by atoms with Crippen LogP contribution in [0.25, 0.3) is 0 Å². The number of aromatic carboxylic acids is 1. The van der Waals surface area contributed by atoms with E-state index in [1.54, 1.807) is 6.07 Å². The Morgan fingerprint density at radius 3 is 2.38 bits per heavy atom. The van der Waals surface area contributed by atoms with E-state index in [1.165, 1.54) is 6.07 Å². The molecule has 0 aliphatic carbocycles. The molecule has 0 amide bonds. The third-order valence-corrected chi connectivity index (χ3v) is 4.02. The first-order chi connectivity index (χ1) is 9.77. The molecule has 0 unspecified atom stereocenters. The Morgan fingerprint density at radius 2 is 1.86 bits per heavy atom. The Balaban J connectivity index is 2.03. The number of nitrogens with zero attached hydrogens (tertiary/aromatic N) is 2. The average Bonchev–Trinajstić information content (AvgIpc) is 2.40. The number of hydrogen-bond acceptors (Lipinski definition) is 3. The molecular formula is C16H23FN2O2. The molecular weight excluding hydrogens is 271 g/mol. The van der Waals surface area contributed by atoms with Crippen molar-refractivity contribution in [3.8, 4) is 0 Å². The quantitative estimate of drug-likeness (QED) is 0.930. The minimum absolute atomic E-state index is 0.0632. The predicted octanol–water partition coefficient (Wildman–Crippen LogP) is 2.44. The van der Waals surface area contributed by atoms with Crippen molar-refractivity contribution in [1.29, 1.82) is 0 Å². The van der Waals surface area contributed by atoms with Gasteiger partial charge < -0.3 is 5.11 Å². The number of benzene rings is 1. The molecule has 21 heavy (non-hydrogen) atoms. The van der Waals surface area contributed by atoms with E-state index in [2.05, 4.69) is 30.6 Å². The Labute approximate surface area is 125 Å². The first-order valence-electron chi connectivity index (χ1n) is 7.26. The molecule has 0 spiro atoms. The van der Waals surface area contributed by atoms with Crippen LogP contribution in [-0.2, 0) is 6.54 Å². The van der Waals surface area contributed by atoms with Gasteiger partial charge in [0.05, 0.1) is 5.56 Å². The van der Waals surface area contributed by atoms with E-state index in [1.807, 2.05) is 0 Å². The summed E-state index contributed by atoms with van der Waals surface area (Å²) in [5, 5.41) is 9.17. The zero-order valence-electron chi connectivity index (χ0n) is 12.9. The molecule has 2 rings (SSSR count). The molecule has 1 aliphatic heterocycles. The molecule has 1 aromatic rings. The topological polar surface area (TPSA) is 43.8 Å². The molecule has 0 atom stereocenters. The fraction of sp³-hybridized carbons (Fsp3) is 0.562. The van der Waals surface area contributed by atoms with Crippen LogP contribution >= 0.6 is 0 Å². The summed E-state index contributed by atoms with van der Waals surface area (Å²) in [4.78, 5) is 15.9. The standard InChI is InChI=1S/C16H23FN2O2/c1-16(2,3)19-8-6-18(7-9-19)11-12-4-5-13(17)10-14(12)15(20)21/h4-5,10H,6-9,11H2,1-3H3,(H,20,21). The summed E-state index contributed by atoms with van der Waals surface area (Å²) in [6, 6.07) is 4.01. The van der Waals surface area contributed by atoms with E-state index in [4.69, 9.17) is 0 Å². The summed E-state index contributed by atoms with van der Waals surface area (Å²) in [7, 11) is 0. The highest BCUT2D eigenvalue weighted by Gasteiger charge is 2.26. The van der Waals surface area contributed by atoms with E-state index >= 15 is 0 Å². The van der Waals surface area contributed by atoms with E-state index in [9.17, 15) is 14.3 Å². The van der Waals surface area contributed by atoms with Crippen LogP contribution in [0.3, 0.4) is 0 Å². The Morgan fingerprint density at radius 1 is 1.24 bits per heavy atom. The van der Waals surface area contributed by atoms with Gasteiger partial charge in [-0.3, -0.25) is 9.80 Å². The number of carboxylic acids is 1. The average molecular weight is 294 g/mol. The number of piperazine rings is 1. The summed E-state index contributed by atoms with van der Waals surface area (Å²) >= 11 is 0. The van der Waals surface area contributed by atoms with Gasteiger partial charge in [0.2, 0.25) is 0 Å². The molecule has 0 bridgehead atoms. The van der Waals surface area contributed by atoms with Crippen molar-refractivity contribution < 1.29 is 14.3 Å². The molecule has 1 saturated heterocycles. The second kappa shape index (κ2) is 6.12. The highest BCUT2D eigenvalue weighted by atomic mass is 19.1. The third-order valence-electron chi connectivity index (χ3n) is 4.02. The van der Waals surface area contributed by atoms with Crippen molar-refractivity contribution in [3.63, 3.8) is 0 Å². The van der Waals surface area contributed by atoms with Crippen LogP contribution in [0.15, 0.2) is 18.2 Å². The Hall–Kier alpha value is -1.46. The third kappa shape index (κ3) is 4.02. The molecule has 1 fully saturated rings. The number of carbonyl (C=O) groups is 1. The molecule has 0 radical (unpaired) electrons. The number of carboxylic acid groups (broad SMARTS) is 1. The maximum absolute atomic E-state index is 13.2. The summed E-state index contributed by atoms with van der Waals surface area (Å²) in [5.74, 6) is -1.58. The first-order valence-corrected chi connectivity index (χ1v) is 7.26. The Bertz CT molecular complexity index is 517. The van der Waals surface area contributed by atoms with Gasteiger partial charge in [-0.2, -0.15) is 0 Å². The van der Waals surface area contributed by atoms with E-state index in [0.717, 1.165) is 32.2 Å². The summed E-state index contributed by atoms with van der Waals surface area (Å²) in [6.07, 6.45) is 0. The van der Waals surface area contributed by atoms with Gasteiger partial charge >= 0.3 is 5.97 Å². The van der Waals surface area contributed by atoms with Crippen LogP contribution in [-0.4, -0.2) is 52.6 Å². The highest BCUT2D eigenvalue weighted by Crippen LogP contribution is 2.19. The lowest BCUT2D eigenvalue weighted by Crippen LogP contribution is -2.53. The first kappa shape index (κ1) is 15.9. The van der Waals surface area contributed by atoms with Crippen LogP contribution in [0.4, 0.5) is 4.39 Å². The van der Waals surface area contributed by atoms with Crippen molar-refractivity contribution in [2.75, 3.05) is 26.2 Å². The van der Waals surface area contributed by atoms with Gasteiger partial charge in [0.15, 0.2) is 0 Å². The molecule has 1 N–H and O–H groups in total. The van der Waals surface area contributed by atoms with Gasteiger partial charge in [0.1, 0.15) is 5.82 Å². The smallest absolute Gasteiger partial charge is 0.336 e. The van der Waals surface area contributed by atoms with Gasteiger partial charge in [-0.15, -0.1) is 0 Å². The summed E-state index contributed by atoms with van der Waals surface area (Å²) in [5.41, 5.74) is 0.898. The fourth-order valence-corrected chi connectivity index (χ4v) is 2.70. The lowest BCUT2D eigenvalue weighted by atomic mass is 10.0. The van der Waals surface area contributed by atoms with E-state index in [-0.39, 0.29) is 11.1 Å². The molecule has 0 aromatic heterocycles. The predicted molar refractivity (Wildman–Crippen MR) is 80.0 cm³/mol. The second-order valence-corrected chi connectivity index (χ2v) is 6.54. The van der Waals surface area contributed by atoms with Crippen LogP contribution in [0.2, 0.25) is 0 Å². The number of rotatable bonds is 3. The number of hydrogen-bond donors (Lipinski definition) is 1. The SMILES string of the molecule is CC(C)(C)N1CCN(Cc2ccc(F)cc2C(=O)O)CC1. The lowest BCUT2D eigenvalue weighted by molar-refractivity contribution is 0.0583. The van der Waals surface area contributed by atoms with Crippen molar-refractivity contribution in [2.24, 2.45) is 0 Å². The maximum Gasteiger partial charge on any atom is 0.336 e. The van der Waals surface area contributed by atoms with Gasteiger partial charge in [-0.25, -0.2) is 9.18 Å². The Kier molecular flexibility index (Phi) is 4.64. The van der Waals surface area contributed by atoms with Gasteiger partial charge in [-0.05, 0) is 38.5 Å². The van der Waals surface area contributed by atoms with Gasteiger partial charge in [0.25, 0.3) is 0 Å². The summed E-state index contributed by atoms with van der Waals surface area (Å²) in [6.45, 7) is 10.9. The zero-order valence-corrected chi connectivity index (χ0v) is 12.9. The van der Waals surface area contributed by atoms with Crippen LogP contribution in [0.1, 0.15) is 36.7 Å².